The molecule has 1 aliphatic heterocycles. The number of nitrogens with zero attached hydrogens (tertiary/aromatic N) is 4. The van der Waals surface area contributed by atoms with Gasteiger partial charge in [0.1, 0.15) is 11.6 Å². The molecule has 0 amide bonds. The Morgan fingerprint density at radius 2 is 1.92 bits per heavy atom. The van der Waals surface area contributed by atoms with Crippen LogP contribution in [0.5, 0.6) is 0 Å². The van der Waals surface area contributed by atoms with Gasteiger partial charge in [-0.15, -0.1) is 0 Å². The van der Waals surface area contributed by atoms with Crippen LogP contribution in [0.1, 0.15) is 44.9 Å². The Labute approximate surface area is 149 Å². The van der Waals surface area contributed by atoms with E-state index in [1.54, 1.807) is 0 Å². The number of hydrogen-bond acceptors (Lipinski definition) is 5. The Kier molecular flexibility index (Phi) is 4.28. The molecular formula is C20H28N4O. The molecule has 0 bridgehead atoms. The third-order valence-electron chi connectivity index (χ3n) is 5.73. The maximum absolute atomic E-state index is 9.23. The van der Waals surface area contributed by atoms with Crippen LogP contribution in [-0.2, 0) is 5.41 Å². The van der Waals surface area contributed by atoms with E-state index in [0.29, 0.717) is 6.54 Å². The second-order valence-electron chi connectivity index (χ2n) is 7.83. The molecular weight excluding hydrogens is 312 g/mol. The summed E-state index contributed by atoms with van der Waals surface area (Å²) in [5.41, 5.74) is 2.32. The molecule has 5 heteroatoms. The Morgan fingerprint density at radius 3 is 2.60 bits per heavy atom. The largest absolute Gasteiger partial charge is 0.395 e. The lowest BCUT2D eigenvalue weighted by atomic mass is 10.1. The predicted octanol–water partition coefficient (Wildman–Crippen LogP) is 3.10. The lowest BCUT2D eigenvalue weighted by Crippen LogP contribution is -2.31. The summed E-state index contributed by atoms with van der Waals surface area (Å²) >= 11 is 0. The minimum atomic E-state index is 0.154. The smallest absolute Gasteiger partial charge is 0.140 e. The van der Waals surface area contributed by atoms with Gasteiger partial charge in [-0.25, -0.2) is 9.97 Å². The molecule has 25 heavy (non-hydrogen) atoms. The summed E-state index contributed by atoms with van der Waals surface area (Å²) in [4.78, 5) is 14.5. The Bertz CT molecular complexity index is 766. The zero-order chi connectivity index (χ0) is 17.4. The van der Waals surface area contributed by atoms with Crippen molar-refractivity contribution < 1.29 is 5.11 Å². The van der Waals surface area contributed by atoms with Crippen LogP contribution in [0.2, 0.25) is 0 Å². The van der Waals surface area contributed by atoms with Crippen molar-refractivity contribution in [1.29, 1.82) is 0 Å². The monoisotopic (exact) mass is 340 g/mol. The van der Waals surface area contributed by atoms with E-state index in [9.17, 15) is 5.11 Å². The summed E-state index contributed by atoms with van der Waals surface area (Å²) in [6.07, 6.45) is 6.17. The molecule has 134 valence electrons. The number of aromatic nitrogens is 2. The van der Waals surface area contributed by atoms with Crippen molar-refractivity contribution in [2.45, 2.75) is 44.4 Å². The SMILES string of the molecule is CN(CCO)c1ccc2nc(C3(C)CC3)nc(N3CCCCC3)c2c1. The molecule has 5 nitrogen and oxygen atoms in total. The summed E-state index contributed by atoms with van der Waals surface area (Å²) in [5, 5.41) is 10.4. The van der Waals surface area contributed by atoms with E-state index in [1.165, 1.54) is 32.1 Å². The van der Waals surface area contributed by atoms with Crippen LogP contribution in [0.4, 0.5) is 11.5 Å². The van der Waals surface area contributed by atoms with E-state index in [2.05, 4.69) is 34.9 Å². The van der Waals surface area contributed by atoms with Crippen LogP contribution in [0, 0.1) is 0 Å². The summed E-state index contributed by atoms with van der Waals surface area (Å²) in [5.74, 6) is 2.11. The van der Waals surface area contributed by atoms with Crippen LogP contribution >= 0.6 is 0 Å². The van der Waals surface area contributed by atoms with Crippen LogP contribution < -0.4 is 9.80 Å². The number of likely N-dealkylation sites (N-methyl/N-ethyl adjacent to an activating group) is 1. The highest BCUT2D eigenvalue weighted by Gasteiger charge is 2.42. The Balaban J connectivity index is 1.82. The molecule has 2 aliphatic rings. The highest BCUT2D eigenvalue weighted by Crippen LogP contribution is 2.47. The average molecular weight is 340 g/mol. The zero-order valence-electron chi connectivity index (χ0n) is 15.3. The molecule has 1 N–H and O–H groups in total. The predicted molar refractivity (Wildman–Crippen MR) is 103 cm³/mol. The van der Waals surface area contributed by atoms with Gasteiger partial charge in [-0.3, -0.25) is 0 Å². The van der Waals surface area contributed by atoms with Crippen LogP contribution in [0.25, 0.3) is 10.9 Å². The molecule has 0 atom stereocenters. The number of benzene rings is 1. The van der Waals surface area contributed by atoms with Gasteiger partial charge >= 0.3 is 0 Å². The summed E-state index contributed by atoms with van der Waals surface area (Å²) in [6, 6.07) is 6.40. The van der Waals surface area contributed by atoms with Crippen LogP contribution in [0.15, 0.2) is 18.2 Å². The quantitative estimate of drug-likeness (QED) is 0.906. The van der Waals surface area contributed by atoms with Gasteiger partial charge in [0.2, 0.25) is 0 Å². The standard InChI is InChI=1S/C20H28N4O/c1-20(8-9-20)19-21-17-7-6-15(23(2)12-13-25)14-16(17)18(22-19)24-10-4-3-5-11-24/h6-7,14,25H,3-5,8-13H2,1-2H3. The first-order valence-electron chi connectivity index (χ1n) is 9.50. The fraction of sp³-hybridized carbons (Fsp3) is 0.600. The topological polar surface area (TPSA) is 52.5 Å². The first-order chi connectivity index (χ1) is 12.1. The molecule has 0 radical (unpaired) electrons. The van der Waals surface area contributed by atoms with Gasteiger partial charge < -0.3 is 14.9 Å². The average Bonchev–Trinajstić information content (AvgIpc) is 3.40. The number of aliphatic hydroxyl groups excluding tert-OH is 1. The number of piperidine rings is 1. The van der Waals surface area contributed by atoms with Gasteiger partial charge in [0.05, 0.1) is 12.1 Å². The van der Waals surface area contributed by atoms with Crippen molar-refractivity contribution in [3.8, 4) is 0 Å². The van der Waals surface area contributed by atoms with Crippen molar-refractivity contribution in [3.05, 3.63) is 24.0 Å². The lowest BCUT2D eigenvalue weighted by Gasteiger charge is -2.30. The maximum Gasteiger partial charge on any atom is 0.140 e. The Morgan fingerprint density at radius 1 is 1.16 bits per heavy atom. The minimum absolute atomic E-state index is 0.154. The number of aliphatic hydroxyl groups is 1. The van der Waals surface area contributed by atoms with Gasteiger partial charge in [-0.2, -0.15) is 0 Å². The summed E-state index contributed by atoms with van der Waals surface area (Å²) in [7, 11) is 2.01. The van der Waals surface area contributed by atoms with Crippen molar-refractivity contribution in [2.24, 2.45) is 0 Å². The van der Waals surface area contributed by atoms with Crippen molar-refractivity contribution in [3.63, 3.8) is 0 Å². The Hall–Kier alpha value is -1.88. The van der Waals surface area contributed by atoms with Crippen LogP contribution in [-0.4, -0.2) is 48.4 Å². The highest BCUT2D eigenvalue weighted by molar-refractivity contribution is 5.92. The highest BCUT2D eigenvalue weighted by atomic mass is 16.3. The number of rotatable bonds is 5. The molecule has 0 unspecified atom stereocenters. The summed E-state index contributed by atoms with van der Waals surface area (Å²) < 4.78 is 0. The van der Waals surface area contributed by atoms with E-state index in [-0.39, 0.29) is 12.0 Å². The van der Waals surface area contributed by atoms with Gasteiger partial charge in [0, 0.05) is 43.2 Å². The second-order valence-corrected chi connectivity index (χ2v) is 7.83. The van der Waals surface area contributed by atoms with E-state index in [1.807, 2.05) is 7.05 Å². The third-order valence-corrected chi connectivity index (χ3v) is 5.73. The van der Waals surface area contributed by atoms with Crippen molar-refractivity contribution >= 4 is 22.4 Å². The normalized spacial score (nSPS) is 19.2. The molecule has 1 aliphatic carbocycles. The molecule has 1 aromatic heterocycles. The molecule has 0 spiro atoms. The van der Waals surface area contributed by atoms with E-state index >= 15 is 0 Å². The molecule has 2 fully saturated rings. The second kappa shape index (κ2) is 6.45. The summed E-state index contributed by atoms with van der Waals surface area (Å²) in [6.45, 7) is 5.22. The van der Waals surface area contributed by atoms with Crippen LogP contribution in [0.3, 0.4) is 0 Å². The number of hydrogen-bond donors (Lipinski definition) is 1. The lowest BCUT2D eigenvalue weighted by molar-refractivity contribution is 0.304. The molecule has 4 rings (SSSR count). The molecule has 2 heterocycles. The zero-order valence-corrected chi connectivity index (χ0v) is 15.3. The molecule has 1 saturated heterocycles. The first-order valence-corrected chi connectivity index (χ1v) is 9.50. The van der Waals surface area contributed by atoms with E-state index in [0.717, 1.165) is 41.3 Å². The van der Waals surface area contributed by atoms with Gasteiger partial charge in [0.25, 0.3) is 0 Å². The van der Waals surface area contributed by atoms with Gasteiger partial charge in [-0.05, 0) is 50.3 Å². The fourth-order valence-corrected chi connectivity index (χ4v) is 3.64. The minimum Gasteiger partial charge on any atom is -0.395 e. The van der Waals surface area contributed by atoms with Crippen molar-refractivity contribution in [2.75, 3.05) is 43.1 Å². The molecule has 2 aromatic rings. The maximum atomic E-state index is 9.23. The number of fused-ring (bicyclic) bond motifs is 1. The first kappa shape index (κ1) is 16.6. The van der Waals surface area contributed by atoms with Gasteiger partial charge in [0.15, 0.2) is 0 Å². The molecule has 1 saturated carbocycles. The van der Waals surface area contributed by atoms with Crippen molar-refractivity contribution in [1.82, 2.24) is 9.97 Å². The van der Waals surface area contributed by atoms with E-state index < -0.39 is 0 Å². The van der Waals surface area contributed by atoms with Gasteiger partial charge in [-0.1, -0.05) is 6.92 Å². The fourth-order valence-electron chi connectivity index (χ4n) is 3.64. The number of anilines is 2. The molecule has 1 aromatic carbocycles. The van der Waals surface area contributed by atoms with E-state index in [4.69, 9.17) is 9.97 Å². The third kappa shape index (κ3) is 3.17.